The lowest BCUT2D eigenvalue weighted by Crippen LogP contribution is -2.05. The van der Waals surface area contributed by atoms with E-state index in [0.29, 0.717) is 5.56 Å². The Morgan fingerprint density at radius 1 is 0.273 bits per heavy atom. The van der Waals surface area contributed by atoms with Crippen LogP contribution in [-0.2, 0) is 0 Å². The third kappa shape index (κ3) is 9.15. The van der Waals surface area contributed by atoms with E-state index in [-0.39, 0.29) is 0 Å². The Bertz CT molecular complexity index is 4810. The molecule has 88 heavy (non-hydrogen) atoms. The zero-order valence-corrected chi connectivity index (χ0v) is 47.4. The molecule has 7 aromatic heterocycles. The van der Waals surface area contributed by atoms with Gasteiger partial charge in [-0.3, -0.25) is 24.9 Å². The van der Waals surface area contributed by atoms with Crippen LogP contribution in [-0.4, -0.2) is 34.1 Å². The molecular weight excluding hydrogens is 1070 g/mol. The molecule has 0 radical (unpaired) electrons. The van der Waals surface area contributed by atoms with E-state index in [1.165, 1.54) is 0 Å². The topological polar surface area (TPSA) is 98.1 Å². The summed E-state index contributed by atoms with van der Waals surface area (Å²) in [5.41, 5.74) is 24.2. The van der Waals surface area contributed by atoms with Crippen LogP contribution < -0.4 is 0 Å². The normalized spacial score (nSPS) is 11.4. The fourth-order valence-corrected chi connectivity index (χ4v) is 12.7. The summed E-state index contributed by atoms with van der Waals surface area (Å²) in [6, 6.07) is 93.8. The number of nitrogens with zero attached hydrogens (tertiary/aromatic N) is 8. The summed E-state index contributed by atoms with van der Waals surface area (Å²) in [6.07, 6.45) is 13.5. The Kier molecular flexibility index (Phi) is 12.7. The predicted molar refractivity (Wildman–Crippen MR) is 358 cm³/mol. The molecule has 0 aliphatic rings. The van der Waals surface area contributed by atoms with Crippen LogP contribution in [0.5, 0.6) is 0 Å². The molecule has 0 bridgehead atoms. The second kappa shape index (κ2) is 21.8. The van der Waals surface area contributed by atoms with Gasteiger partial charge in [0, 0.05) is 91.5 Å². The summed E-state index contributed by atoms with van der Waals surface area (Å²) in [5.74, 6) is 0. The van der Waals surface area contributed by atoms with Crippen molar-refractivity contribution in [2.75, 3.05) is 0 Å². The lowest BCUT2D eigenvalue weighted by atomic mass is 9.97. The third-order valence-electron chi connectivity index (χ3n) is 16.9. The van der Waals surface area contributed by atoms with E-state index < -0.39 is 0 Å². The lowest BCUT2D eigenvalue weighted by Gasteiger charge is -2.20. The Labute approximate surface area is 507 Å². The highest BCUT2D eigenvalue weighted by Gasteiger charge is 2.25. The van der Waals surface area contributed by atoms with E-state index in [1.807, 2.05) is 122 Å². The lowest BCUT2D eigenvalue weighted by molar-refractivity contribution is 1.09. The van der Waals surface area contributed by atoms with E-state index in [4.69, 9.17) is 24.9 Å². The van der Waals surface area contributed by atoms with Crippen LogP contribution in [0.15, 0.2) is 304 Å². The van der Waals surface area contributed by atoms with Gasteiger partial charge < -0.3 is 9.13 Å². The van der Waals surface area contributed by atoms with Gasteiger partial charge in [-0.05, 0) is 142 Å². The number of nitriles is 1. The average Bonchev–Trinajstić information content (AvgIpc) is 2.38. The van der Waals surface area contributed by atoms with Crippen LogP contribution in [0.25, 0.3) is 156 Å². The summed E-state index contributed by atoms with van der Waals surface area (Å²) in [5, 5.41) is 15.4. The van der Waals surface area contributed by atoms with E-state index >= 15 is 0 Å². The highest BCUT2D eigenvalue weighted by Crippen LogP contribution is 2.45. The van der Waals surface area contributed by atoms with Crippen molar-refractivity contribution in [1.82, 2.24) is 34.1 Å². The molecule has 0 unspecified atom stereocenters. The second-order valence-electron chi connectivity index (χ2n) is 22.0. The number of aromatic nitrogens is 7. The number of fused-ring (bicyclic) bond motifs is 6. The molecule has 0 aliphatic carbocycles. The minimum atomic E-state index is 0.545. The van der Waals surface area contributed by atoms with Crippen molar-refractivity contribution < 1.29 is 0 Å². The van der Waals surface area contributed by atoms with E-state index in [0.717, 1.165) is 156 Å². The van der Waals surface area contributed by atoms with Crippen molar-refractivity contribution in [3.05, 3.63) is 310 Å². The molecule has 0 spiro atoms. The molecule has 0 saturated heterocycles. The highest BCUT2D eigenvalue weighted by atomic mass is 15.0. The maximum absolute atomic E-state index is 11.1. The fraction of sp³-hybridized carbons (Fsp3) is 0. The zero-order valence-electron chi connectivity index (χ0n) is 47.4. The SMILES string of the molecule is N#Cc1ccccc1-c1c(-n2c3ccc(-c4cncc(-c5ccccc5)c4)cc3c3cc(-c4ccnc(-c5ccccc5)c4)ccc32)cncc1-n1c2ccc(-c3ccnc(-c4ccccc4)c3)cc2c2cc(-c3ccnc(-c4ccccc4)c3)ccc21. The van der Waals surface area contributed by atoms with Gasteiger partial charge in [-0.1, -0.05) is 164 Å². The molecule has 9 aromatic carbocycles. The quantitative estimate of drug-likeness (QED) is 0.128. The first kappa shape index (κ1) is 51.5. The van der Waals surface area contributed by atoms with Gasteiger partial charge in [0.05, 0.1) is 74.5 Å². The van der Waals surface area contributed by atoms with Crippen LogP contribution in [0, 0.1) is 11.3 Å². The number of pyridine rings is 5. The van der Waals surface area contributed by atoms with E-state index in [9.17, 15) is 5.26 Å². The summed E-state index contributed by atoms with van der Waals surface area (Å²) >= 11 is 0. The Hall–Kier alpha value is -12.2. The van der Waals surface area contributed by atoms with Gasteiger partial charge in [-0.15, -0.1) is 0 Å². The molecule has 8 nitrogen and oxygen atoms in total. The van der Waals surface area contributed by atoms with Crippen molar-refractivity contribution >= 4 is 43.6 Å². The molecule has 16 aromatic rings. The summed E-state index contributed by atoms with van der Waals surface area (Å²) in [4.78, 5) is 24.4. The molecule has 7 heterocycles. The van der Waals surface area contributed by atoms with Crippen molar-refractivity contribution in [3.8, 4) is 118 Å². The van der Waals surface area contributed by atoms with E-state index in [1.54, 1.807) is 0 Å². The first-order valence-corrected chi connectivity index (χ1v) is 29.3. The number of rotatable bonds is 11. The van der Waals surface area contributed by atoms with Crippen LogP contribution >= 0.6 is 0 Å². The van der Waals surface area contributed by atoms with Crippen LogP contribution in [0.2, 0.25) is 0 Å². The summed E-state index contributed by atoms with van der Waals surface area (Å²) in [7, 11) is 0. The number of hydrogen-bond acceptors (Lipinski definition) is 6. The summed E-state index contributed by atoms with van der Waals surface area (Å²) < 4.78 is 4.68. The molecule has 0 atom stereocenters. The molecule has 0 amide bonds. The molecule has 8 heteroatoms. The number of hydrogen-bond donors (Lipinski definition) is 0. The minimum Gasteiger partial charge on any atom is -0.307 e. The van der Waals surface area contributed by atoms with Gasteiger partial charge in [0.2, 0.25) is 0 Å². The third-order valence-corrected chi connectivity index (χ3v) is 16.9. The Morgan fingerprint density at radius 2 is 0.602 bits per heavy atom. The molecule has 410 valence electrons. The van der Waals surface area contributed by atoms with Crippen molar-refractivity contribution in [2.24, 2.45) is 0 Å². The first-order chi connectivity index (χ1) is 43.6. The molecule has 0 aliphatic heterocycles. The van der Waals surface area contributed by atoms with Gasteiger partial charge in [-0.2, -0.15) is 5.26 Å². The van der Waals surface area contributed by atoms with Crippen molar-refractivity contribution in [3.63, 3.8) is 0 Å². The van der Waals surface area contributed by atoms with E-state index in [2.05, 4.69) is 197 Å². The van der Waals surface area contributed by atoms with Crippen LogP contribution in [0.3, 0.4) is 0 Å². The predicted octanol–water partition coefficient (Wildman–Crippen LogP) is 19.7. The average molecular weight is 1120 g/mol. The minimum absolute atomic E-state index is 0.545. The van der Waals surface area contributed by atoms with Gasteiger partial charge in [0.25, 0.3) is 0 Å². The maximum Gasteiger partial charge on any atom is 0.0998 e. The standard InChI is InChI=1S/C80H50N8/c81-47-63-23-13-14-24-66(63)80-78(87-74-29-25-56(60-33-36-84-71(44-60)53-17-7-2-8-18-53)40-67(74)68-41-57(26-30-75(68)87)61-34-37-85-72(45-61)54-19-9-3-10-20-54)50-83-51-79(80)88-76-31-27-58(62-35-38-86-73(46-62)55-21-11-4-12-22-55)42-69(76)70-43-59(28-32-77(70)88)65-39-64(48-82-49-65)52-15-5-1-6-16-52/h1-46,48-51H. The van der Waals surface area contributed by atoms with Crippen LogP contribution in [0.1, 0.15) is 5.56 Å². The number of benzene rings is 9. The fourth-order valence-electron chi connectivity index (χ4n) is 12.7. The molecule has 0 saturated carbocycles. The van der Waals surface area contributed by atoms with Crippen molar-refractivity contribution in [1.29, 1.82) is 5.26 Å². The maximum atomic E-state index is 11.1. The van der Waals surface area contributed by atoms with Crippen molar-refractivity contribution in [2.45, 2.75) is 0 Å². The summed E-state index contributed by atoms with van der Waals surface area (Å²) in [6.45, 7) is 0. The van der Waals surface area contributed by atoms with Gasteiger partial charge in [0.15, 0.2) is 0 Å². The largest absolute Gasteiger partial charge is 0.307 e. The molecule has 16 rings (SSSR count). The smallest absolute Gasteiger partial charge is 0.0998 e. The van der Waals surface area contributed by atoms with Gasteiger partial charge in [-0.25, -0.2) is 0 Å². The molecule has 0 N–H and O–H groups in total. The highest BCUT2D eigenvalue weighted by molar-refractivity contribution is 6.14. The first-order valence-electron chi connectivity index (χ1n) is 29.3. The van der Waals surface area contributed by atoms with Gasteiger partial charge >= 0.3 is 0 Å². The zero-order chi connectivity index (χ0) is 58.5. The molecular formula is C80H50N8. The molecule has 0 fully saturated rings. The Balaban J connectivity index is 0.944. The monoisotopic (exact) mass is 1120 g/mol. The second-order valence-corrected chi connectivity index (χ2v) is 22.0. The van der Waals surface area contributed by atoms with Gasteiger partial charge in [0.1, 0.15) is 0 Å². The van der Waals surface area contributed by atoms with Crippen LogP contribution in [0.4, 0.5) is 0 Å². The Morgan fingerprint density at radius 3 is 1.00 bits per heavy atom.